The topological polar surface area (TPSA) is 110 Å². The minimum absolute atomic E-state index is 0.0675. The minimum Gasteiger partial charge on any atom is -0.384 e. The van der Waals surface area contributed by atoms with Gasteiger partial charge in [-0.15, -0.1) is 0 Å². The number of aromatic nitrogens is 2. The molecule has 1 aromatic heterocycles. The van der Waals surface area contributed by atoms with Crippen molar-refractivity contribution in [1.82, 2.24) is 14.9 Å². The fourth-order valence-electron chi connectivity index (χ4n) is 3.38. The van der Waals surface area contributed by atoms with Gasteiger partial charge in [-0.05, 0) is 29.7 Å². The molecule has 0 radical (unpaired) electrons. The summed E-state index contributed by atoms with van der Waals surface area (Å²) in [5, 5.41) is 5.39. The fraction of sp³-hybridized carbons (Fsp3) is 0.286. The maximum Gasteiger partial charge on any atom is 0.329 e. The summed E-state index contributed by atoms with van der Waals surface area (Å²) < 4.78 is 1.22. The maximum absolute atomic E-state index is 12.7. The van der Waals surface area contributed by atoms with Crippen LogP contribution in [0.4, 0.5) is 5.82 Å². The van der Waals surface area contributed by atoms with Crippen molar-refractivity contribution in [3.8, 4) is 0 Å². The Labute approximate surface area is 162 Å². The first-order chi connectivity index (χ1) is 13.4. The molecule has 1 heterocycles. The van der Waals surface area contributed by atoms with Crippen LogP contribution in [0.5, 0.6) is 0 Å². The average molecular weight is 380 g/mol. The molecule has 2 aromatic carbocycles. The summed E-state index contributed by atoms with van der Waals surface area (Å²) in [4.78, 5) is 38.9. The molecular formula is C21H24N4O3. The SMILES string of the molecule is CCCn1c(N)c(C(=O)CN[C@H](C)c2cccc3ccccc23)c(=O)[nH]c1=O. The summed E-state index contributed by atoms with van der Waals surface area (Å²) in [6, 6.07) is 13.9. The second kappa shape index (κ2) is 8.22. The van der Waals surface area contributed by atoms with Gasteiger partial charge in [-0.2, -0.15) is 0 Å². The van der Waals surface area contributed by atoms with Crippen LogP contribution in [-0.2, 0) is 6.54 Å². The summed E-state index contributed by atoms with van der Waals surface area (Å²) >= 11 is 0. The van der Waals surface area contributed by atoms with Gasteiger partial charge in [0.15, 0.2) is 5.78 Å². The highest BCUT2D eigenvalue weighted by atomic mass is 16.2. The molecule has 3 rings (SSSR count). The Morgan fingerprint density at radius 3 is 2.64 bits per heavy atom. The molecule has 0 saturated heterocycles. The molecule has 4 N–H and O–H groups in total. The van der Waals surface area contributed by atoms with E-state index in [0.29, 0.717) is 13.0 Å². The highest BCUT2D eigenvalue weighted by Crippen LogP contribution is 2.24. The summed E-state index contributed by atoms with van der Waals surface area (Å²) in [7, 11) is 0. The number of fused-ring (bicyclic) bond motifs is 1. The van der Waals surface area contributed by atoms with Gasteiger partial charge >= 0.3 is 5.69 Å². The third-order valence-corrected chi connectivity index (χ3v) is 4.82. The van der Waals surface area contributed by atoms with Crippen molar-refractivity contribution >= 4 is 22.4 Å². The number of H-pyrrole nitrogens is 1. The van der Waals surface area contributed by atoms with Gasteiger partial charge in [-0.3, -0.25) is 19.1 Å². The molecular weight excluding hydrogens is 356 g/mol. The summed E-state index contributed by atoms with van der Waals surface area (Å²) in [6.45, 7) is 4.11. The zero-order valence-electron chi connectivity index (χ0n) is 16.0. The van der Waals surface area contributed by atoms with E-state index in [0.717, 1.165) is 16.3 Å². The molecule has 1 atom stereocenters. The normalized spacial score (nSPS) is 12.2. The number of aromatic amines is 1. The first-order valence-electron chi connectivity index (χ1n) is 9.30. The largest absolute Gasteiger partial charge is 0.384 e. The minimum atomic E-state index is -0.750. The number of ketones is 1. The van der Waals surface area contributed by atoms with Gasteiger partial charge in [-0.25, -0.2) is 4.79 Å². The van der Waals surface area contributed by atoms with Gasteiger partial charge in [0.2, 0.25) is 0 Å². The van der Waals surface area contributed by atoms with Gasteiger partial charge < -0.3 is 11.1 Å². The molecule has 28 heavy (non-hydrogen) atoms. The standard InChI is InChI=1S/C21H24N4O3/c1-3-11-25-19(22)18(20(27)24-21(25)28)17(26)12-23-13(2)15-10-6-8-14-7-4-5-9-16(14)15/h4-10,13,23H,3,11-12,22H2,1-2H3,(H,24,27,28)/t13-/m1/s1. The predicted molar refractivity (Wildman–Crippen MR) is 111 cm³/mol. The van der Waals surface area contributed by atoms with E-state index in [1.54, 1.807) is 0 Å². The molecule has 0 spiro atoms. The van der Waals surface area contributed by atoms with Crippen LogP contribution in [0.1, 0.15) is 42.2 Å². The smallest absolute Gasteiger partial charge is 0.329 e. The number of hydrogen-bond acceptors (Lipinski definition) is 5. The van der Waals surface area contributed by atoms with Crippen molar-refractivity contribution in [2.45, 2.75) is 32.9 Å². The quantitative estimate of drug-likeness (QED) is 0.545. The van der Waals surface area contributed by atoms with E-state index < -0.39 is 17.0 Å². The third kappa shape index (κ3) is 3.75. The lowest BCUT2D eigenvalue weighted by Gasteiger charge is -2.17. The first kappa shape index (κ1) is 19.6. The molecule has 0 fully saturated rings. The Hall–Kier alpha value is -3.19. The van der Waals surface area contributed by atoms with Crippen molar-refractivity contribution in [1.29, 1.82) is 0 Å². The van der Waals surface area contributed by atoms with Crippen molar-refractivity contribution in [3.05, 3.63) is 74.4 Å². The van der Waals surface area contributed by atoms with Crippen LogP contribution in [-0.4, -0.2) is 21.9 Å². The van der Waals surface area contributed by atoms with Gasteiger partial charge in [0.1, 0.15) is 11.4 Å². The van der Waals surface area contributed by atoms with Crippen LogP contribution in [0.3, 0.4) is 0 Å². The van der Waals surface area contributed by atoms with Crippen LogP contribution < -0.4 is 22.3 Å². The summed E-state index contributed by atoms with van der Waals surface area (Å²) in [5.41, 5.74) is 5.49. The van der Waals surface area contributed by atoms with Crippen LogP contribution in [0.25, 0.3) is 10.8 Å². The third-order valence-electron chi connectivity index (χ3n) is 4.82. The van der Waals surface area contributed by atoms with Crippen LogP contribution >= 0.6 is 0 Å². The van der Waals surface area contributed by atoms with Gasteiger partial charge in [0, 0.05) is 12.6 Å². The van der Waals surface area contributed by atoms with Crippen LogP contribution in [0, 0.1) is 0 Å². The molecule has 0 aliphatic rings. The Kier molecular flexibility index (Phi) is 5.75. The van der Waals surface area contributed by atoms with Crippen molar-refractivity contribution in [2.75, 3.05) is 12.3 Å². The van der Waals surface area contributed by atoms with E-state index in [2.05, 4.69) is 10.3 Å². The van der Waals surface area contributed by atoms with E-state index in [9.17, 15) is 14.4 Å². The number of rotatable bonds is 7. The van der Waals surface area contributed by atoms with Crippen molar-refractivity contribution in [3.63, 3.8) is 0 Å². The second-order valence-corrected chi connectivity index (χ2v) is 6.77. The number of hydrogen-bond donors (Lipinski definition) is 3. The van der Waals surface area contributed by atoms with E-state index in [4.69, 9.17) is 5.73 Å². The zero-order valence-corrected chi connectivity index (χ0v) is 16.0. The highest BCUT2D eigenvalue weighted by molar-refractivity contribution is 6.01. The number of carbonyl (C=O) groups excluding carboxylic acids is 1. The van der Waals surface area contributed by atoms with E-state index in [-0.39, 0.29) is 24.0 Å². The van der Waals surface area contributed by atoms with E-state index in [1.165, 1.54) is 4.57 Å². The fourth-order valence-corrected chi connectivity index (χ4v) is 3.38. The number of nitrogens with zero attached hydrogens (tertiary/aromatic N) is 1. The summed E-state index contributed by atoms with van der Waals surface area (Å²) in [5.74, 6) is -0.532. The zero-order chi connectivity index (χ0) is 20.3. The molecule has 0 aliphatic heterocycles. The van der Waals surface area contributed by atoms with Gasteiger partial charge in [-0.1, -0.05) is 49.4 Å². The number of anilines is 1. The maximum atomic E-state index is 12.7. The molecule has 3 aromatic rings. The molecule has 146 valence electrons. The molecule has 0 aliphatic carbocycles. The van der Waals surface area contributed by atoms with Crippen molar-refractivity contribution < 1.29 is 4.79 Å². The van der Waals surface area contributed by atoms with Crippen LogP contribution in [0.2, 0.25) is 0 Å². The average Bonchev–Trinajstić information content (AvgIpc) is 2.68. The second-order valence-electron chi connectivity index (χ2n) is 6.77. The monoisotopic (exact) mass is 380 g/mol. The van der Waals surface area contributed by atoms with E-state index >= 15 is 0 Å². The number of nitrogens with one attached hydrogen (secondary N) is 2. The Morgan fingerprint density at radius 1 is 1.18 bits per heavy atom. The lowest BCUT2D eigenvalue weighted by atomic mass is 9.99. The Morgan fingerprint density at radius 2 is 1.89 bits per heavy atom. The Balaban J connectivity index is 1.83. The molecule has 0 unspecified atom stereocenters. The van der Waals surface area contributed by atoms with Gasteiger partial charge in [0.25, 0.3) is 5.56 Å². The molecule has 0 bridgehead atoms. The van der Waals surface area contributed by atoms with E-state index in [1.807, 2.05) is 56.3 Å². The lowest BCUT2D eigenvalue weighted by molar-refractivity contribution is 0.0986. The number of carbonyl (C=O) groups is 1. The lowest BCUT2D eigenvalue weighted by Crippen LogP contribution is -2.38. The highest BCUT2D eigenvalue weighted by Gasteiger charge is 2.20. The number of nitrogen functional groups attached to an aromatic ring is 1. The predicted octanol–water partition coefficient (Wildman–Crippen LogP) is 2.22. The first-order valence-corrected chi connectivity index (χ1v) is 9.30. The molecule has 7 nitrogen and oxygen atoms in total. The number of benzene rings is 2. The number of Topliss-reactive ketones (excluding diaryl/α,β-unsaturated/α-hetero) is 1. The molecule has 0 saturated carbocycles. The summed E-state index contributed by atoms with van der Waals surface area (Å²) in [6.07, 6.45) is 0.653. The number of nitrogens with two attached hydrogens (primary N) is 1. The molecule has 0 amide bonds. The van der Waals surface area contributed by atoms with Crippen LogP contribution in [0.15, 0.2) is 52.1 Å². The molecule has 7 heteroatoms. The van der Waals surface area contributed by atoms with Crippen molar-refractivity contribution in [2.24, 2.45) is 0 Å². The Bertz CT molecular complexity index is 1130. The van der Waals surface area contributed by atoms with Gasteiger partial charge in [0.05, 0.1) is 6.54 Å².